The topological polar surface area (TPSA) is 29.1 Å². The Balaban J connectivity index is 4.81. The van der Waals surface area contributed by atoms with Gasteiger partial charge in [0.15, 0.2) is 0 Å². The summed E-state index contributed by atoms with van der Waals surface area (Å²) < 4.78 is 0. The summed E-state index contributed by atoms with van der Waals surface area (Å²) in [5.74, 6) is 0.513. The number of rotatable bonds is 5. The molecule has 0 aromatic rings. The second-order valence-corrected chi connectivity index (χ2v) is 3.97. The predicted octanol–water partition coefficient (Wildman–Crippen LogP) is 3.41. The minimum absolute atomic E-state index is 0.00820. The van der Waals surface area contributed by atoms with Crippen molar-refractivity contribution in [2.45, 2.75) is 47.5 Å². The van der Waals surface area contributed by atoms with Crippen LogP contribution in [0.4, 0.5) is 0 Å². The largest absolute Gasteiger partial charge is 0.326 e. The molecule has 1 unspecified atom stereocenters. The van der Waals surface area contributed by atoms with E-state index in [1.807, 2.05) is 19.1 Å². The van der Waals surface area contributed by atoms with Crippen molar-refractivity contribution in [2.75, 3.05) is 0 Å². The molecule has 1 N–H and O–H groups in total. The molecular formula is C13H23NO. The summed E-state index contributed by atoms with van der Waals surface area (Å²) >= 11 is 0. The Bertz CT molecular complexity index is 264. The lowest BCUT2D eigenvalue weighted by molar-refractivity contribution is -0.118. The zero-order chi connectivity index (χ0) is 11.8. The monoisotopic (exact) mass is 209 g/mol. The van der Waals surface area contributed by atoms with Gasteiger partial charge in [0.05, 0.1) is 0 Å². The van der Waals surface area contributed by atoms with E-state index in [2.05, 4.69) is 26.1 Å². The molecule has 1 atom stereocenters. The molecule has 2 nitrogen and oxygen atoms in total. The number of carbonyl (C=O) groups is 1. The third-order valence-corrected chi connectivity index (χ3v) is 2.53. The summed E-state index contributed by atoms with van der Waals surface area (Å²) in [5, 5.41) is 2.87. The molecule has 0 heterocycles. The van der Waals surface area contributed by atoms with E-state index < -0.39 is 0 Å². The first-order chi connectivity index (χ1) is 7.02. The van der Waals surface area contributed by atoms with Crippen LogP contribution in [0.1, 0.15) is 47.5 Å². The van der Waals surface area contributed by atoms with Crippen molar-refractivity contribution in [1.29, 1.82) is 0 Å². The first-order valence-corrected chi connectivity index (χ1v) is 5.63. The Morgan fingerprint density at radius 1 is 1.40 bits per heavy atom. The molecule has 0 bridgehead atoms. The van der Waals surface area contributed by atoms with Crippen molar-refractivity contribution in [1.82, 2.24) is 5.32 Å². The summed E-state index contributed by atoms with van der Waals surface area (Å²) in [6, 6.07) is 0. The average Bonchev–Trinajstić information content (AvgIpc) is 2.16. The summed E-state index contributed by atoms with van der Waals surface area (Å²) in [4.78, 5) is 11.0. The van der Waals surface area contributed by atoms with Gasteiger partial charge in [-0.15, -0.1) is 0 Å². The van der Waals surface area contributed by atoms with Crippen LogP contribution in [0.15, 0.2) is 23.4 Å². The van der Waals surface area contributed by atoms with E-state index in [9.17, 15) is 4.79 Å². The number of carbonyl (C=O) groups excluding carboxylic acids is 1. The van der Waals surface area contributed by atoms with Gasteiger partial charge >= 0.3 is 0 Å². The van der Waals surface area contributed by atoms with Crippen molar-refractivity contribution in [3.05, 3.63) is 23.4 Å². The van der Waals surface area contributed by atoms with Gasteiger partial charge in [-0.05, 0) is 37.8 Å². The summed E-state index contributed by atoms with van der Waals surface area (Å²) in [6.45, 7) is 9.97. The lowest BCUT2D eigenvalue weighted by Crippen LogP contribution is -2.20. The number of allylic oxidation sites excluding steroid dienone is 3. The molecule has 0 saturated carbocycles. The number of nitrogens with one attached hydrogen (secondary N) is 1. The zero-order valence-corrected chi connectivity index (χ0v) is 10.6. The van der Waals surface area contributed by atoms with Crippen molar-refractivity contribution in [3.8, 4) is 0 Å². The maximum Gasteiger partial charge on any atom is 0.221 e. The number of hydrogen-bond donors (Lipinski definition) is 1. The molecule has 1 amide bonds. The van der Waals surface area contributed by atoms with Crippen LogP contribution in [-0.2, 0) is 4.79 Å². The van der Waals surface area contributed by atoms with Crippen molar-refractivity contribution >= 4 is 5.91 Å². The van der Waals surface area contributed by atoms with Gasteiger partial charge in [0, 0.05) is 12.6 Å². The van der Waals surface area contributed by atoms with Gasteiger partial charge in [-0.2, -0.15) is 0 Å². The van der Waals surface area contributed by atoms with Crippen molar-refractivity contribution < 1.29 is 4.79 Å². The molecule has 0 radical (unpaired) electrons. The van der Waals surface area contributed by atoms with E-state index >= 15 is 0 Å². The molecule has 0 aliphatic rings. The quantitative estimate of drug-likeness (QED) is 0.691. The van der Waals surface area contributed by atoms with Gasteiger partial charge in [0.25, 0.3) is 0 Å². The fourth-order valence-corrected chi connectivity index (χ4v) is 1.54. The normalized spacial score (nSPS) is 15.0. The van der Waals surface area contributed by atoms with Gasteiger partial charge in [0.2, 0.25) is 5.91 Å². The first kappa shape index (κ1) is 13.9. The highest BCUT2D eigenvalue weighted by Gasteiger charge is 2.08. The van der Waals surface area contributed by atoms with Gasteiger partial charge in [-0.1, -0.05) is 26.3 Å². The van der Waals surface area contributed by atoms with E-state index in [1.165, 1.54) is 12.0 Å². The Hall–Kier alpha value is -1.05. The van der Waals surface area contributed by atoms with E-state index in [4.69, 9.17) is 0 Å². The maximum atomic E-state index is 11.0. The molecule has 86 valence electrons. The first-order valence-electron chi connectivity index (χ1n) is 5.63. The molecule has 0 aliphatic heterocycles. The molecule has 15 heavy (non-hydrogen) atoms. The molecule has 2 heteroatoms. The van der Waals surface area contributed by atoms with E-state index in [0.717, 1.165) is 12.1 Å². The third kappa shape index (κ3) is 5.40. The molecule has 0 saturated heterocycles. The minimum atomic E-state index is -0.00820. The highest BCUT2D eigenvalue weighted by molar-refractivity contribution is 5.75. The Labute approximate surface area is 93.5 Å². The Morgan fingerprint density at radius 3 is 2.40 bits per heavy atom. The van der Waals surface area contributed by atoms with Crippen LogP contribution >= 0.6 is 0 Å². The second-order valence-electron chi connectivity index (χ2n) is 3.97. The SMILES string of the molecule is CC=CC(NC(C)=O)=C(C)C(C)CCC. The fourth-order valence-electron chi connectivity index (χ4n) is 1.54. The molecule has 0 rings (SSSR count). The smallest absolute Gasteiger partial charge is 0.221 e. The van der Waals surface area contributed by atoms with Crippen molar-refractivity contribution in [2.24, 2.45) is 5.92 Å². The van der Waals surface area contributed by atoms with Crippen LogP contribution in [0.25, 0.3) is 0 Å². The molecule has 0 aromatic carbocycles. The summed E-state index contributed by atoms with van der Waals surface area (Å²) in [5.41, 5.74) is 2.20. The molecule has 0 aliphatic carbocycles. The van der Waals surface area contributed by atoms with Crippen LogP contribution in [0.5, 0.6) is 0 Å². The lowest BCUT2D eigenvalue weighted by atomic mass is 9.95. The van der Waals surface area contributed by atoms with Gasteiger partial charge in [0.1, 0.15) is 0 Å². The molecule has 0 fully saturated rings. The van der Waals surface area contributed by atoms with E-state index in [1.54, 1.807) is 6.92 Å². The summed E-state index contributed by atoms with van der Waals surface area (Å²) in [6.07, 6.45) is 6.24. The standard InChI is InChI=1S/C13H23NO/c1-6-8-10(3)11(4)13(9-7-2)14-12(5)15/h7,9-10H,6,8H2,1-5H3,(H,14,15). The second kappa shape index (κ2) is 7.27. The maximum absolute atomic E-state index is 11.0. The fraction of sp³-hybridized carbons (Fsp3) is 0.615. The molecule has 0 spiro atoms. The average molecular weight is 209 g/mol. The summed E-state index contributed by atoms with van der Waals surface area (Å²) in [7, 11) is 0. The lowest BCUT2D eigenvalue weighted by Gasteiger charge is -2.15. The Kier molecular flexibility index (Phi) is 6.76. The van der Waals surface area contributed by atoms with E-state index in [-0.39, 0.29) is 5.91 Å². The highest BCUT2D eigenvalue weighted by Crippen LogP contribution is 2.19. The zero-order valence-electron chi connectivity index (χ0n) is 10.6. The number of hydrogen-bond acceptors (Lipinski definition) is 1. The van der Waals surface area contributed by atoms with Crippen LogP contribution in [0, 0.1) is 5.92 Å². The van der Waals surface area contributed by atoms with Crippen LogP contribution in [0.2, 0.25) is 0 Å². The van der Waals surface area contributed by atoms with Crippen molar-refractivity contribution in [3.63, 3.8) is 0 Å². The number of amides is 1. The Morgan fingerprint density at radius 2 is 2.00 bits per heavy atom. The highest BCUT2D eigenvalue weighted by atomic mass is 16.1. The van der Waals surface area contributed by atoms with Gasteiger partial charge < -0.3 is 5.32 Å². The van der Waals surface area contributed by atoms with Crippen LogP contribution in [-0.4, -0.2) is 5.91 Å². The van der Waals surface area contributed by atoms with E-state index in [0.29, 0.717) is 5.92 Å². The van der Waals surface area contributed by atoms with Crippen LogP contribution in [0.3, 0.4) is 0 Å². The third-order valence-electron chi connectivity index (χ3n) is 2.53. The van der Waals surface area contributed by atoms with Gasteiger partial charge in [-0.25, -0.2) is 0 Å². The molecule has 0 aromatic heterocycles. The predicted molar refractivity (Wildman–Crippen MR) is 65.4 cm³/mol. The van der Waals surface area contributed by atoms with Crippen LogP contribution < -0.4 is 5.32 Å². The minimum Gasteiger partial charge on any atom is -0.326 e. The molecular weight excluding hydrogens is 186 g/mol. The van der Waals surface area contributed by atoms with Gasteiger partial charge in [-0.3, -0.25) is 4.79 Å².